The van der Waals surface area contributed by atoms with E-state index in [0.29, 0.717) is 12.4 Å². The van der Waals surface area contributed by atoms with Crippen LogP contribution >= 0.6 is 0 Å². The molecule has 0 spiro atoms. The van der Waals surface area contributed by atoms with Crippen LogP contribution in [0.5, 0.6) is 0 Å². The van der Waals surface area contributed by atoms with Gasteiger partial charge in [-0.25, -0.2) is 10.8 Å². The van der Waals surface area contributed by atoms with Crippen LogP contribution in [-0.2, 0) is 0 Å². The van der Waals surface area contributed by atoms with Crippen molar-refractivity contribution >= 4 is 11.9 Å². The van der Waals surface area contributed by atoms with Gasteiger partial charge in [0.25, 0.3) is 0 Å². The van der Waals surface area contributed by atoms with E-state index in [2.05, 4.69) is 10.4 Å². The normalized spacial score (nSPS) is 10.6. The fraction of sp³-hybridized carbons (Fsp3) is 0.222. The molecular formula is C9H14N4. The third-order valence-electron chi connectivity index (χ3n) is 1.54. The smallest absolute Gasteiger partial charge is 0.140 e. The second-order valence-corrected chi connectivity index (χ2v) is 2.57. The van der Waals surface area contributed by atoms with Crippen LogP contribution in [-0.4, -0.2) is 11.5 Å². The number of aromatic nitrogens is 1. The van der Waals surface area contributed by atoms with Gasteiger partial charge in [-0.2, -0.15) is 0 Å². The minimum absolute atomic E-state index is 0.658. The number of anilines is 1. The molecule has 1 aromatic rings. The molecule has 0 fully saturated rings. The van der Waals surface area contributed by atoms with Gasteiger partial charge in [-0.05, 0) is 31.2 Å². The number of pyridine rings is 1. The van der Waals surface area contributed by atoms with Gasteiger partial charge in [0.2, 0.25) is 0 Å². The van der Waals surface area contributed by atoms with Gasteiger partial charge >= 0.3 is 0 Å². The fourth-order valence-electron chi connectivity index (χ4n) is 0.925. The van der Waals surface area contributed by atoms with Crippen molar-refractivity contribution in [2.75, 3.05) is 12.0 Å². The van der Waals surface area contributed by atoms with Crippen molar-refractivity contribution in [3.63, 3.8) is 0 Å². The quantitative estimate of drug-likeness (QED) is 0.469. The van der Waals surface area contributed by atoms with Crippen molar-refractivity contribution in [1.29, 1.82) is 0 Å². The second-order valence-electron chi connectivity index (χ2n) is 2.57. The lowest BCUT2D eigenvalue weighted by atomic mass is 10.3. The summed E-state index contributed by atoms with van der Waals surface area (Å²) in [7, 11) is 0. The summed E-state index contributed by atoms with van der Waals surface area (Å²) >= 11 is 0. The van der Waals surface area contributed by atoms with Crippen molar-refractivity contribution in [2.24, 2.45) is 11.6 Å². The van der Waals surface area contributed by atoms with Crippen LogP contribution in [0.4, 0.5) is 5.82 Å². The van der Waals surface area contributed by atoms with Crippen LogP contribution in [0.3, 0.4) is 0 Å². The monoisotopic (exact) mass is 178 g/mol. The molecule has 70 valence electrons. The number of nitrogens with one attached hydrogen (secondary N) is 1. The predicted molar refractivity (Wildman–Crippen MR) is 54.8 cm³/mol. The average Bonchev–Trinajstić information content (AvgIpc) is 2.19. The maximum Gasteiger partial charge on any atom is 0.140 e. The zero-order chi connectivity index (χ0) is 9.52. The number of nitrogens with zero attached hydrogens (tertiary/aromatic N) is 1. The van der Waals surface area contributed by atoms with Crippen LogP contribution in [0.2, 0.25) is 0 Å². The van der Waals surface area contributed by atoms with E-state index in [-0.39, 0.29) is 0 Å². The highest BCUT2D eigenvalue weighted by molar-refractivity contribution is 5.48. The largest absolute Gasteiger partial charge is 0.330 e. The molecule has 0 radical (unpaired) electrons. The van der Waals surface area contributed by atoms with Gasteiger partial charge in [-0.15, -0.1) is 0 Å². The Morgan fingerprint density at radius 2 is 2.31 bits per heavy atom. The number of nitrogens with two attached hydrogens (primary N) is 2. The lowest BCUT2D eigenvalue weighted by Crippen LogP contribution is -2.08. The van der Waals surface area contributed by atoms with Crippen LogP contribution in [0.1, 0.15) is 12.1 Å². The van der Waals surface area contributed by atoms with Crippen LogP contribution in [0.25, 0.3) is 6.08 Å². The Hall–Kier alpha value is -1.39. The Labute approximate surface area is 77.6 Å². The van der Waals surface area contributed by atoms with Gasteiger partial charge in [0.05, 0.1) is 5.69 Å². The van der Waals surface area contributed by atoms with E-state index < -0.39 is 0 Å². The molecule has 13 heavy (non-hydrogen) atoms. The van der Waals surface area contributed by atoms with Crippen molar-refractivity contribution < 1.29 is 0 Å². The zero-order valence-corrected chi connectivity index (χ0v) is 7.40. The number of nitrogen functional groups attached to an aromatic ring is 1. The molecule has 1 heterocycles. The molecule has 0 bridgehead atoms. The summed E-state index contributed by atoms with van der Waals surface area (Å²) in [6.45, 7) is 0.658. The van der Waals surface area contributed by atoms with Crippen LogP contribution in [0, 0.1) is 0 Å². The molecule has 1 rings (SSSR count). The summed E-state index contributed by atoms with van der Waals surface area (Å²) in [5.41, 5.74) is 8.71. The van der Waals surface area contributed by atoms with Crippen LogP contribution in [0.15, 0.2) is 24.3 Å². The zero-order valence-electron chi connectivity index (χ0n) is 7.40. The molecule has 0 amide bonds. The molecule has 0 aromatic carbocycles. The fourth-order valence-corrected chi connectivity index (χ4v) is 0.925. The SMILES string of the molecule is NCCC=Cc1cccc(NN)n1. The first-order valence-electron chi connectivity index (χ1n) is 4.17. The highest BCUT2D eigenvalue weighted by atomic mass is 15.2. The molecule has 5 N–H and O–H groups in total. The molecular weight excluding hydrogens is 164 g/mol. The van der Waals surface area contributed by atoms with E-state index in [1.165, 1.54) is 0 Å². The van der Waals surface area contributed by atoms with Gasteiger partial charge in [-0.1, -0.05) is 12.1 Å². The number of hydrogen-bond acceptors (Lipinski definition) is 4. The van der Waals surface area contributed by atoms with Crippen LogP contribution < -0.4 is 17.0 Å². The van der Waals surface area contributed by atoms with Gasteiger partial charge in [0.1, 0.15) is 5.82 Å². The van der Waals surface area contributed by atoms with Crippen molar-refractivity contribution in [3.05, 3.63) is 30.0 Å². The van der Waals surface area contributed by atoms with Gasteiger partial charge in [0.15, 0.2) is 0 Å². The van der Waals surface area contributed by atoms with E-state index in [0.717, 1.165) is 12.1 Å². The topological polar surface area (TPSA) is 77.0 Å². The van der Waals surface area contributed by atoms with E-state index in [4.69, 9.17) is 11.6 Å². The first kappa shape index (κ1) is 9.70. The molecule has 1 aromatic heterocycles. The summed E-state index contributed by atoms with van der Waals surface area (Å²) in [4.78, 5) is 4.20. The summed E-state index contributed by atoms with van der Waals surface area (Å²) in [5.74, 6) is 5.88. The van der Waals surface area contributed by atoms with E-state index in [1.807, 2.05) is 24.3 Å². The molecule has 0 saturated carbocycles. The summed E-state index contributed by atoms with van der Waals surface area (Å²) in [5, 5.41) is 0. The van der Waals surface area contributed by atoms with Gasteiger partial charge in [0, 0.05) is 0 Å². The first-order chi connectivity index (χ1) is 6.36. The highest BCUT2D eigenvalue weighted by Gasteiger charge is 1.90. The molecule has 0 atom stereocenters. The van der Waals surface area contributed by atoms with E-state index in [1.54, 1.807) is 6.07 Å². The molecule has 0 unspecified atom stereocenters. The van der Waals surface area contributed by atoms with Crippen molar-refractivity contribution in [3.8, 4) is 0 Å². The van der Waals surface area contributed by atoms with Crippen molar-refractivity contribution in [2.45, 2.75) is 6.42 Å². The average molecular weight is 178 g/mol. The third kappa shape index (κ3) is 3.23. The summed E-state index contributed by atoms with van der Waals surface area (Å²) < 4.78 is 0. The van der Waals surface area contributed by atoms with Crippen molar-refractivity contribution in [1.82, 2.24) is 4.98 Å². The molecule has 4 nitrogen and oxygen atoms in total. The van der Waals surface area contributed by atoms with E-state index in [9.17, 15) is 0 Å². The van der Waals surface area contributed by atoms with E-state index >= 15 is 0 Å². The first-order valence-corrected chi connectivity index (χ1v) is 4.17. The molecule has 0 aliphatic heterocycles. The minimum atomic E-state index is 0.658. The summed E-state index contributed by atoms with van der Waals surface area (Å²) in [6.07, 6.45) is 4.78. The molecule has 4 heteroatoms. The Balaban J connectivity index is 2.66. The molecule has 0 saturated heterocycles. The Kier molecular flexibility index (Phi) is 3.95. The Bertz CT molecular complexity index is 283. The Morgan fingerprint density at radius 3 is 3.00 bits per heavy atom. The van der Waals surface area contributed by atoms with Gasteiger partial charge < -0.3 is 11.2 Å². The number of hydrogen-bond donors (Lipinski definition) is 3. The maximum absolute atomic E-state index is 5.34. The predicted octanol–water partition coefficient (Wildman–Crippen LogP) is 0.729. The lowest BCUT2D eigenvalue weighted by molar-refractivity contribution is 1.01. The number of hydrazine groups is 1. The maximum atomic E-state index is 5.34. The molecule has 0 aliphatic rings. The Morgan fingerprint density at radius 1 is 1.46 bits per heavy atom. The minimum Gasteiger partial charge on any atom is -0.330 e. The lowest BCUT2D eigenvalue weighted by Gasteiger charge is -1.98. The number of rotatable bonds is 4. The second kappa shape index (κ2) is 5.29. The highest BCUT2D eigenvalue weighted by Crippen LogP contribution is 2.04. The van der Waals surface area contributed by atoms with Gasteiger partial charge in [-0.3, -0.25) is 0 Å². The third-order valence-corrected chi connectivity index (χ3v) is 1.54. The summed E-state index contributed by atoms with van der Waals surface area (Å²) in [6, 6.07) is 5.61. The standard InChI is InChI=1S/C9H14N4/c10-7-2-1-4-8-5-3-6-9(12-8)13-11/h1,3-6H,2,7,10-11H2,(H,12,13). The molecule has 0 aliphatic carbocycles.